The van der Waals surface area contributed by atoms with Gasteiger partial charge in [0.25, 0.3) is 5.91 Å². The van der Waals surface area contributed by atoms with Crippen molar-refractivity contribution >= 4 is 11.6 Å². The van der Waals surface area contributed by atoms with Crippen molar-refractivity contribution in [3.8, 4) is 0 Å². The molecule has 0 saturated heterocycles. The first-order valence-corrected chi connectivity index (χ1v) is 6.99. The number of carbonyl (C=O) groups is 1. The third-order valence-corrected chi connectivity index (χ3v) is 3.26. The lowest BCUT2D eigenvalue weighted by molar-refractivity contribution is 0.102. The van der Waals surface area contributed by atoms with Gasteiger partial charge in [-0.05, 0) is 18.6 Å². The maximum atomic E-state index is 12.0. The van der Waals surface area contributed by atoms with Crippen LogP contribution < -0.4 is 5.32 Å². The second-order valence-electron chi connectivity index (χ2n) is 5.24. The Balaban J connectivity index is 1.67. The van der Waals surface area contributed by atoms with Crippen molar-refractivity contribution in [3.05, 3.63) is 65.7 Å². The van der Waals surface area contributed by atoms with Crippen LogP contribution in [0.3, 0.4) is 0 Å². The van der Waals surface area contributed by atoms with Gasteiger partial charge in [0.2, 0.25) is 0 Å². The number of hydrogen-bond donors (Lipinski definition) is 1. The van der Waals surface area contributed by atoms with Crippen molar-refractivity contribution in [2.24, 2.45) is 7.05 Å². The smallest absolute Gasteiger partial charge is 0.276 e. The molecular formula is C16H17N5O. The van der Waals surface area contributed by atoms with Crippen LogP contribution in [0.25, 0.3) is 0 Å². The number of anilines is 1. The summed E-state index contributed by atoms with van der Waals surface area (Å²) in [5.74, 6) is -0.240. The number of carbonyl (C=O) groups excluding carboxylic acids is 1. The molecule has 6 nitrogen and oxygen atoms in total. The summed E-state index contributed by atoms with van der Waals surface area (Å²) in [5.41, 5.74) is 3.43. The van der Waals surface area contributed by atoms with Crippen LogP contribution in [0.4, 0.5) is 5.69 Å². The Hall–Kier alpha value is -2.89. The van der Waals surface area contributed by atoms with Crippen molar-refractivity contribution in [3.63, 3.8) is 0 Å². The Morgan fingerprint density at radius 3 is 2.91 bits per heavy atom. The van der Waals surface area contributed by atoms with Crippen LogP contribution in [-0.4, -0.2) is 25.5 Å². The molecular weight excluding hydrogens is 278 g/mol. The Bertz CT molecular complexity index is 802. The summed E-state index contributed by atoms with van der Waals surface area (Å²) in [6.45, 7) is 2.73. The van der Waals surface area contributed by atoms with Crippen LogP contribution in [0.1, 0.15) is 21.6 Å². The highest BCUT2D eigenvalue weighted by molar-refractivity contribution is 6.02. The lowest BCUT2D eigenvalue weighted by Gasteiger charge is -2.03. The average molecular weight is 295 g/mol. The number of benzene rings is 1. The zero-order valence-corrected chi connectivity index (χ0v) is 12.5. The number of hydrogen-bond acceptors (Lipinski definition) is 3. The fourth-order valence-electron chi connectivity index (χ4n) is 2.24. The van der Waals surface area contributed by atoms with E-state index >= 15 is 0 Å². The zero-order chi connectivity index (χ0) is 15.5. The fourth-order valence-corrected chi connectivity index (χ4v) is 2.24. The Morgan fingerprint density at radius 1 is 1.32 bits per heavy atom. The summed E-state index contributed by atoms with van der Waals surface area (Å²) >= 11 is 0. The molecule has 0 unspecified atom stereocenters. The summed E-state index contributed by atoms with van der Waals surface area (Å²) in [6.07, 6.45) is 5.18. The lowest BCUT2D eigenvalue weighted by atomic mass is 10.1. The number of nitrogens with one attached hydrogen (secondary N) is 1. The molecule has 1 aromatic carbocycles. The fraction of sp³-hybridized carbons (Fsp3) is 0.188. The van der Waals surface area contributed by atoms with Gasteiger partial charge in [-0.25, -0.2) is 0 Å². The molecule has 0 saturated carbocycles. The molecule has 22 heavy (non-hydrogen) atoms. The van der Waals surface area contributed by atoms with E-state index in [0.717, 1.165) is 0 Å². The largest absolute Gasteiger partial charge is 0.318 e. The summed E-state index contributed by atoms with van der Waals surface area (Å²) in [6, 6.07) is 9.93. The van der Waals surface area contributed by atoms with Gasteiger partial charge in [0.05, 0.1) is 18.4 Å². The number of aromatic nitrogens is 4. The number of amides is 1. The third kappa shape index (κ3) is 3.22. The molecule has 0 aliphatic carbocycles. The Morgan fingerprint density at radius 2 is 2.18 bits per heavy atom. The molecule has 0 radical (unpaired) electrons. The molecule has 0 bridgehead atoms. The number of nitrogens with zero attached hydrogens (tertiary/aromatic N) is 4. The zero-order valence-electron chi connectivity index (χ0n) is 12.5. The van der Waals surface area contributed by atoms with E-state index in [9.17, 15) is 4.79 Å². The molecule has 0 fully saturated rings. The molecule has 2 aromatic heterocycles. The molecule has 3 aromatic rings. The van der Waals surface area contributed by atoms with Gasteiger partial charge in [-0.2, -0.15) is 10.2 Å². The second kappa shape index (κ2) is 5.85. The normalized spacial score (nSPS) is 10.6. The molecule has 0 atom stereocenters. The summed E-state index contributed by atoms with van der Waals surface area (Å²) in [4.78, 5) is 12.0. The monoisotopic (exact) mass is 295 g/mol. The van der Waals surface area contributed by atoms with Crippen molar-refractivity contribution in [1.82, 2.24) is 19.6 Å². The van der Waals surface area contributed by atoms with Crippen LogP contribution in [0.5, 0.6) is 0 Å². The first kappa shape index (κ1) is 14.1. The SMILES string of the molecule is Cc1cccc(Cn2cc(NC(=O)c3ccn(C)n3)cn2)c1. The molecule has 0 spiro atoms. The lowest BCUT2D eigenvalue weighted by Crippen LogP contribution is -2.12. The van der Waals surface area contributed by atoms with Crippen molar-refractivity contribution < 1.29 is 4.79 Å². The van der Waals surface area contributed by atoms with E-state index in [2.05, 4.69) is 40.6 Å². The minimum Gasteiger partial charge on any atom is -0.318 e. The minimum absolute atomic E-state index is 0.240. The number of aryl methyl sites for hydroxylation is 2. The average Bonchev–Trinajstić information content (AvgIpc) is 3.08. The van der Waals surface area contributed by atoms with Crippen LogP contribution in [-0.2, 0) is 13.6 Å². The molecule has 1 N–H and O–H groups in total. The summed E-state index contributed by atoms with van der Waals surface area (Å²) in [5, 5.41) is 11.1. The van der Waals surface area contributed by atoms with Crippen molar-refractivity contribution in [2.75, 3.05) is 5.32 Å². The standard InChI is InChI=1S/C16H17N5O/c1-12-4-3-5-13(8-12)10-21-11-14(9-17-21)18-16(22)15-6-7-20(2)19-15/h3-9,11H,10H2,1-2H3,(H,18,22). The van der Waals surface area contributed by atoms with E-state index in [1.54, 1.807) is 34.9 Å². The maximum absolute atomic E-state index is 12.0. The highest BCUT2D eigenvalue weighted by Gasteiger charge is 2.10. The molecule has 3 rings (SSSR count). The molecule has 0 aliphatic heterocycles. The minimum atomic E-state index is -0.240. The van der Waals surface area contributed by atoms with Gasteiger partial charge >= 0.3 is 0 Å². The first-order valence-electron chi connectivity index (χ1n) is 6.99. The van der Waals surface area contributed by atoms with Gasteiger partial charge in [0.1, 0.15) is 0 Å². The van der Waals surface area contributed by atoms with E-state index in [1.807, 2.05) is 12.3 Å². The Labute approximate surface area is 128 Å². The third-order valence-electron chi connectivity index (χ3n) is 3.26. The second-order valence-corrected chi connectivity index (χ2v) is 5.24. The van der Waals surface area contributed by atoms with Crippen LogP contribution >= 0.6 is 0 Å². The Kier molecular flexibility index (Phi) is 3.74. The quantitative estimate of drug-likeness (QED) is 0.802. The van der Waals surface area contributed by atoms with Gasteiger partial charge in [0.15, 0.2) is 5.69 Å². The molecule has 0 aliphatic rings. The maximum Gasteiger partial charge on any atom is 0.276 e. The number of rotatable bonds is 4. The molecule has 6 heteroatoms. The highest BCUT2D eigenvalue weighted by Crippen LogP contribution is 2.10. The van der Waals surface area contributed by atoms with Crippen LogP contribution in [0.15, 0.2) is 48.9 Å². The summed E-state index contributed by atoms with van der Waals surface area (Å²) < 4.78 is 3.39. The molecule has 2 heterocycles. The van der Waals surface area contributed by atoms with Gasteiger partial charge in [0, 0.05) is 19.4 Å². The van der Waals surface area contributed by atoms with Gasteiger partial charge in [-0.1, -0.05) is 29.8 Å². The van der Waals surface area contributed by atoms with Crippen LogP contribution in [0, 0.1) is 6.92 Å². The van der Waals surface area contributed by atoms with E-state index in [-0.39, 0.29) is 5.91 Å². The van der Waals surface area contributed by atoms with Gasteiger partial charge < -0.3 is 5.32 Å². The molecule has 1 amide bonds. The topological polar surface area (TPSA) is 64.7 Å². The summed E-state index contributed by atoms with van der Waals surface area (Å²) in [7, 11) is 1.77. The van der Waals surface area contributed by atoms with Crippen molar-refractivity contribution in [1.29, 1.82) is 0 Å². The highest BCUT2D eigenvalue weighted by atomic mass is 16.2. The predicted molar refractivity (Wildman–Crippen MR) is 83.7 cm³/mol. The van der Waals surface area contributed by atoms with Crippen LogP contribution in [0.2, 0.25) is 0 Å². The van der Waals surface area contributed by atoms with E-state index in [0.29, 0.717) is 17.9 Å². The van der Waals surface area contributed by atoms with E-state index in [1.165, 1.54) is 11.1 Å². The first-order chi connectivity index (χ1) is 10.6. The van der Waals surface area contributed by atoms with Crippen molar-refractivity contribution in [2.45, 2.75) is 13.5 Å². The molecule has 112 valence electrons. The van der Waals surface area contributed by atoms with Gasteiger partial charge in [-0.15, -0.1) is 0 Å². The van der Waals surface area contributed by atoms with E-state index in [4.69, 9.17) is 0 Å². The predicted octanol–water partition coefficient (Wildman–Crippen LogP) is 2.23. The van der Waals surface area contributed by atoms with E-state index < -0.39 is 0 Å². The van der Waals surface area contributed by atoms with Gasteiger partial charge in [-0.3, -0.25) is 14.2 Å².